The second-order valence-electron chi connectivity index (χ2n) is 8.05. The summed E-state index contributed by atoms with van der Waals surface area (Å²) in [5.41, 5.74) is 2.13. The highest BCUT2D eigenvalue weighted by molar-refractivity contribution is 7.99. The molecule has 3 aromatic heterocycles. The van der Waals surface area contributed by atoms with Gasteiger partial charge in [0, 0.05) is 44.1 Å². The summed E-state index contributed by atoms with van der Waals surface area (Å²) < 4.78 is 7.58. The average molecular weight is 476 g/mol. The zero-order valence-electron chi connectivity index (χ0n) is 18.9. The molecule has 1 fully saturated rings. The topological polar surface area (TPSA) is 93.2 Å². The minimum Gasteiger partial charge on any atom is -0.467 e. The van der Waals surface area contributed by atoms with Gasteiger partial charge in [0.25, 0.3) is 0 Å². The third-order valence-electron chi connectivity index (χ3n) is 5.68. The van der Waals surface area contributed by atoms with Crippen LogP contribution >= 0.6 is 11.8 Å². The van der Waals surface area contributed by atoms with Crippen molar-refractivity contribution in [3.63, 3.8) is 0 Å². The minimum absolute atomic E-state index is 0.0864. The van der Waals surface area contributed by atoms with Gasteiger partial charge >= 0.3 is 0 Å². The molecular formula is C24H25N7O2S. The summed E-state index contributed by atoms with van der Waals surface area (Å²) in [5, 5.41) is 9.55. The molecular weight excluding hydrogens is 450 g/mol. The Morgan fingerprint density at radius 1 is 1.03 bits per heavy atom. The molecule has 0 saturated carbocycles. The van der Waals surface area contributed by atoms with Crippen molar-refractivity contribution in [2.75, 3.05) is 36.8 Å². The Morgan fingerprint density at radius 3 is 2.59 bits per heavy atom. The fourth-order valence-corrected chi connectivity index (χ4v) is 4.76. The van der Waals surface area contributed by atoms with Crippen LogP contribution in [0.1, 0.15) is 11.3 Å². The molecule has 0 atom stereocenters. The minimum atomic E-state index is 0.0864. The van der Waals surface area contributed by atoms with Crippen molar-refractivity contribution in [2.45, 2.75) is 18.6 Å². The lowest BCUT2D eigenvalue weighted by atomic mass is 10.1. The van der Waals surface area contributed by atoms with Gasteiger partial charge in [-0.15, -0.1) is 10.2 Å². The lowest BCUT2D eigenvalue weighted by Crippen LogP contribution is -2.49. The third-order valence-corrected chi connectivity index (χ3v) is 6.63. The van der Waals surface area contributed by atoms with Gasteiger partial charge in [-0.25, -0.2) is 9.97 Å². The average Bonchev–Trinajstić information content (AvgIpc) is 3.54. The number of rotatable bonds is 7. The molecule has 1 amide bonds. The van der Waals surface area contributed by atoms with Gasteiger partial charge in [-0.3, -0.25) is 9.36 Å². The Kier molecular flexibility index (Phi) is 6.57. The van der Waals surface area contributed by atoms with Crippen molar-refractivity contribution < 1.29 is 9.21 Å². The second kappa shape index (κ2) is 10.1. The normalized spacial score (nSPS) is 13.9. The molecule has 9 nitrogen and oxygen atoms in total. The van der Waals surface area contributed by atoms with Crippen molar-refractivity contribution in [1.29, 1.82) is 0 Å². The zero-order chi connectivity index (χ0) is 23.3. The first-order valence-corrected chi connectivity index (χ1v) is 12.1. The summed E-state index contributed by atoms with van der Waals surface area (Å²) in [6, 6.07) is 13.7. The van der Waals surface area contributed by atoms with E-state index in [0.29, 0.717) is 49.6 Å². The lowest BCUT2D eigenvalue weighted by Gasteiger charge is -2.34. The summed E-state index contributed by atoms with van der Waals surface area (Å²) in [6.07, 6.45) is 5.13. The van der Waals surface area contributed by atoms with Crippen molar-refractivity contribution in [2.24, 2.45) is 0 Å². The Morgan fingerprint density at radius 2 is 1.85 bits per heavy atom. The Labute approximate surface area is 201 Å². The summed E-state index contributed by atoms with van der Waals surface area (Å²) in [5.74, 6) is 2.65. The molecule has 1 saturated heterocycles. The number of hydrogen-bond donors (Lipinski definition) is 0. The number of nitrogens with zero attached hydrogens (tertiary/aromatic N) is 7. The standard InChI is InChI=1S/C24H25N7O2S/c1-18-5-2-6-19(15-18)22-27-28-24(31(22)16-20-7-3-14-33-20)34-17-21(32)29-10-12-30(13-11-29)23-25-8-4-9-26-23/h2-9,14-15H,10-13,16-17H2,1H3. The predicted octanol–water partition coefficient (Wildman–Crippen LogP) is 3.13. The molecule has 10 heteroatoms. The smallest absolute Gasteiger partial charge is 0.233 e. The maximum atomic E-state index is 12.9. The van der Waals surface area contributed by atoms with Crippen LogP contribution in [-0.4, -0.2) is 67.5 Å². The molecule has 34 heavy (non-hydrogen) atoms. The highest BCUT2D eigenvalue weighted by Crippen LogP contribution is 2.26. The molecule has 1 aliphatic heterocycles. The van der Waals surface area contributed by atoms with Gasteiger partial charge in [-0.1, -0.05) is 35.5 Å². The molecule has 4 aromatic rings. The van der Waals surface area contributed by atoms with E-state index in [1.807, 2.05) is 33.7 Å². The van der Waals surface area contributed by atoms with Crippen LogP contribution in [0.4, 0.5) is 5.95 Å². The molecule has 0 radical (unpaired) electrons. The highest BCUT2D eigenvalue weighted by Gasteiger charge is 2.24. The summed E-state index contributed by atoms with van der Waals surface area (Å²) in [7, 11) is 0. The predicted molar refractivity (Wildman–Crippen MR) is 130 cm³/mol. The number of aromatic nitrogens is 5. The SMILES string of the molecule is Cc1cccc(-c2nnc(SCC(=O)N3CCN(c4ncccn4)CC3)n2Cc2ccco2)c1. The van der Waals surface area contributed by atoms with Gasteiger partial charge in [0.2, 0.25) is 11.9 Å². The fourth-order valence-electron chi connectivity index (χ4n) is 3.92. The second-order valence-corrected chi connectivity index (χ2v) is 8.99. The number of aryl methyl sites for hydroxylation is 1. The Balaban J connectivity index is 1.26. The van der Waals surface area contributed by atoms with E-state index in [-0.39, 0.29) is 5.91 Å². The van der Waals surface area contributed by atoms with Crippen molar-refractivity contribution >= 4 is 23.6 Å². The van der Waals surface area contributed by atoms with E-state index in [9.17, 15) is 4.79 Å². The molecule has 0 bridgehead atoms. The van der Waals surface area contributed by atoms with Crippen LogP contribution in [0.5, 0.6) is 0 Å². The summed E-state index contributed by atoms with van der Waals surface area (Å²) >= 11 is 1.41. The fraction of sp³-hybridized carbons (Fsp3) is 0.292. The van der Waals surface area contributed by atoms with E-state index in [1.165, 1.54) is 11.8 Å². The van der Waals surface area contributed by atoms with E-state index < -0.39 is 0 Å². The van der Waals surface area contributed by atoms with Crippen LogP contribution in [0.2, 0.25) is 0 Å². The van der Waals surface area contributed by atoms with Crippen LogP contribution in [0, 0.1) is 6.92 Å². The first-order chi connectivity index (χ1) is 16.7. The number of hydrogen-bond acceptors (Lipinski definition) is 8. The largest absolute Gasteiger partial charge is 0.467 e. The van der Waals surface area contributed by atoms with Crippen LogP contribution < -0.4 is 4.90 Å². The first-order valence-electron chi connectivity index (χ1n) is 11.1. The number of piperazine rings is 1. The van der Waals surface area contributed by atoms with E-state index in [2.05, 4.69) is 44.1 Å². The Bertz CT molecular complexity index is 1240. The molecule has 4 heterocycles. The maximum absolute atomic E-state index is 12.9. The summed E-state index contributed by atoms with van der Waals surface area (Å²) in [6.45, 7) is 5.26. The van der Waals surface area contributed by atoms with Gasteiger partial charge in [0.15, 0.2) is 11.0 Å². The number of anilines is 1. The molecule has 0 spiro atoms. The number of amides is 1. The van der Waals surface area contributed by atoms with Crippen molar-refractivity contribution in [3.8, 4) is 11.4 Å². The van der Waals surface area contributed by atoms with Crippen LogP contribution in [0.3, 0.4) is 0 Å². The maximum Gasteiger partial charge on any atom is 0.233 e. The molecule has 5 rings (SSSR count). The number of furan rings is 1. The van der Waals surface area contributed by atoms with Crippen LogP contribution in [-0.2, 0) is 11.3 Å². The van der Waals surface area contributed by atoms with Gasteiger partial charge in [-0.05, 0) is 31.2 Å². The van der Waals surface area contributed by atoms with Crippen molar-refractivity contribution in [3.05, 3.63) is 72.4 Å². The van der Waals surface area contributed by atoms with Crippen molar-refractivity contribution in [1.82, 2.24) is 29.6 Å². The number of carbonyl (C=O) groups excluding carboxylic acids is 1. The monoisotopic (exact) mass is 475 g/mol. The van der Waals surface area contributed by atoms with Gasteiger partial charge < -0.3 is 14.2 Å². The molecule has 1 aliphatic rings. The molecule has 174 valence electrons. The first kappa shape index (κ1) is 22.1. The number of thioether (sulfide) groups is 1. The third kappa shape index (κ3) is 4.96. The Hall–Kier alpha value is -3.66. The van der Waals surface area contributed by atoms with E-state index in [0.717, 1.165) is 22.7 Å². The van der Waals surface area contributed by atoms with Gasteiger partial charge in [-0.2, -0.15) is 0 Å². The molecule has 1 aromatic carbocycles. The quantitative estimate of drug-likeness (QED) is 0.377. The van der Waals surface area contributed by atoms with Gasteiger partial charge in [0.1, 0.15) is 5.76 Å². The van der Waals surface area contributed by atoms with E-state index in [1.54, 1.807) is 24.7 Å². The van der Waals surface area contributed by atoms with Crippen LogP contribution in [0.15, 0.2) is 70.7 Å². The molecule has 0 N–H and O–H groups in total. The van der Waals surface area contributed by atoms with E-state index >= 15 is 0 Å². The molecule has 0 aliphatic carbocycles. The van der Waals surface area contributed by atoms with E-state index in [4.69, 9.17) is 4.42 Å². The zero-order valence-corrected chi connectivity index (χ0v) is 19.7. The summed E-state index contributed by atoms with van der Waals surface area (Å²) in [4.78, 5) is 25.5. The number of benzene rings is 1. The highest BCUT2D eigenvalue weighted by atomic mass is 32.2. The lowest BCUT2D eigenvalue weighted by molar-refractivity contribution is -0.128. The molecule has 0 unspecified atom stereocenters. The van der Waals surface area contributed by atoms with Gasteiger partial charge in [0.05, 0.1) is 18.6 Å². The van der Waals surface area contributed by atoms with Crippen LogP contribution in [0.25, 0.3) is 11.4 Å². The number of carbonyl (C=O) groups is 1.